The van der Waals surface area contributed by atoms with Crippen LogP contribution < -0.4 is 0 Å². The van der Waals surface area contributed by atoms with Gasteiger partial charge in [-0.25, -0.2) is 0 Å². The molecule has 0 radical (unpaired) electrons. The summed E-state index contributed by atoms with van der Waals surface area (Å²) in [6, 6.07) is 46.3. The molecular formula is C34H21NS. The van der Waals surface area contributed by atoms with E-state index in [0.29, 0.717) is 0 Å². The Balaban J connectivity index is 1.52. The minimum atomic E-state index is 1.19. The van der Waals surface area contributed by atoms with E-state index in [9.17, 15) is 0 Å². The molecule has 0 amide bonds. The predicted molar refractivity (Wildman–Crippen MR) is 157 cm³/mol. The van der Waals surface area contributed by atoms with Crippen LogP contribution in [-0.2, 0) is 0 Å². The molecule has 0 saturated heterocycles. The smallest absolute Gasteiger partial charge is 0.0634 e. The third-order valence-electron chi connectivity index (χ3n) is 7.39. The van der Waals surface area contributed by atoms with Crippen molar-refractivity contribution in [2.75, 3.05) is 0 Å². The standard InChI is InChI=1S/C34H21NS/c1-2-8-22(9-3-1)23-14-17-25(18-15-23)35-29-13-7-6-12-27(29)28-19-21-31-33(34(28)35)32-26-11-5-4-10-24(26)16-20-30(32)36-31/h1-21H. The van der Waals surface area contributed by atoms with Crippen molar-refractivity contribution in [3.05, 3.63) is 127 Å². The first-order chi connectivity index (χ1) is 17.9. The van der Waals surface area contributed by atoms with Crippen molar-refractivity contribution in [2.45, 2.75) is 0 Å². The summed E-state index contributed by atoms with van der Waals surface area (Å²) in [5.41, 5.74) is 6.20. The molecule has 0 saturated carbocycles. The zero-order valence-electron chi connectivity index (χ0n) is 19.5. The lowest BCUT2D eigenvalue weighted by atomic mass is 10.0. The summed E-state index contributed by atoms with van der Waals surface area (Å²) in [6.45, 7) is 0. The Labute approximate surface area is 212 Å². The molecule has 0 bridgehead atoms. The van der Waals surface area contributed by atoms with Gasteiger partial charge in [0.15, 0.2) is 0 Å². The summed E-state index contributed by atoms with van der Waals surface area (Å²) in [5.74, 6) is 0. The third-order valence-corrected chi connectivity index (χ3v) is 8.51. The van der Waals surface area contributed by atoms with Crippen molar-refractivity contribution >= 4 is 64.1 Å². The van der Waals surface area contributed by atoms with Crippen LogP contribution in [0, 0.1) is 0 Å². The monoisotopic (exact) mass is 475 g/mol. The zero-order valence-corrected chi connectivity index (χ0v) is 20.3. The summed E-state index contributed by atoms with van der Waals surface area (Å²) in [6.07, 6.45) is 0. The van der Waals surface area contributed by atoms with Gasteiger partial charge in [0.25, 0.3) is 0 Å². The molecular weight excluding hydrogens is 454 g/mol. The van der Waals surface area contributed by atoms with E-state index in [4.69, 9.17) is 0 Å². The van der Waals surface area contributed by atoms with Gasteiger partial charge in [0.1, 0.15) is 0 Å². The van der Waals surface area contributed by atoms with E-state index in [2.05, 4.69) is 132 Å². The van der Waals surface area contributed by atoms with Crippen molar-refractivity contribution in [2.24, 2.45) is 0 Å². The summed E-state index contributed by atoms with van der Waals surface area (Å²) in [7, 11) is 0. The van der Waals surface area contributed by atoms with E-state index < -0.39 is 0 Å². The average Bonchev–Trinajstić information content (AvgIpc) is 3.50. The van der Waals surface area contributed by atoms with Crippen LogP contribution in [0.3, 0.4) is 0 Å². The topological polar surface area (TPSA) is 4.93 Å². The van der Waals surface area contributed by atoms with Gasteiger partial charge in [-0.3, -0.25) is 0 Å². The molecule has 168 valence electrons. The van der Waals surface area contributed by atoms with Crippen molar-refractivity contribution in [3.8, 4) is 16.8 Å². The lowest BCUT2D eigenvalue weighted by Crippen LogP contribution is -1.94. The Hall–Kier alpha value is -4.40. The van der Waals surface area contributed by atoms with E-state index in [1.54, 1.807) is 0 Å². The second kappa shape index (κ2) is 7.55. The van der Waals surface area contributed by atoms with E-state index >= 15 is 0 Å². The maximum atomic E-state index is 2.47. The molecule has 0 aliphatic rings. The first kappa shape index (κ1) is 19.9. The van der Waals surface area contributed by atoms with E-state index in [-0.39, 0.29) is 0 Å². The van der Waals surface area contributed by atoms with Crippen molar-refractivity contribution in [1.82, 2.24) is 4.57 Å². The highest BCUT2D eigenvalue weighted by molar-refractivity contribution is 7.26. The van der Waals surface area contributed by atoms with Gasteiger partial charge in [0, 0.05) is 36.6 Å². The fraction of sp³-hybridized carbons (Fsp3) is 0. The van der Waals surface area contributed by atoms with Crippen molar-refractivity contribution in [3.63, 3.8) is 0 Å². The average molecular weight is 476 g/mol. The van der Waals surface area contributed by atoms with Crippen molar-refractivity contribution < 1.29 is 0 Å². The minimum absolute atomic E-state index is 1.19. The summed E-state index contributed by atoms with van der Waals surface area (Å²) in [4.78, 5) is 0. The van der Waals surface area contributed by atoms with Crippen molar-refractivity contribution in [1.29, 1.82) is 0 Å². The predicted octanol–water partition coefficient (Wildman–Crippen LogP) is 9.97. The van der Waals surface area contributed by atoms with Crippen LogP contribution in [0.25, 0.3) is 69.6 Å². The second-order valence-electron chi connectivity index (χ2n) is 9.36. The van der Waals surface area contributed by atoms with E-state index in [0.717, 1.165) is 0 Å². The molecule has 0 spiro atoms. The number of rotatable bonds is 2. The summed E-state index contributed by atoms with van der Waals surface area (Å²) in [5, 5.41) is 7.93. The molecule has 0 unspecified atom stereocenters. The molecule has 2 heteroatoms. The highest BCUT2D eigenvalue weighted by Gasteiger charge is 2.19. The number of aromatic nitrogens is 1. The molecule has 1 nitrogen and oxygen atoms in total. The van der Waals surface area contributed by atoms with E-state index in [1.165, 1.54) is 69.6 Å². The molecule has 8 rings (SSSR count). The van der Waals surface area contributed by atoms with Gasteiger partial charge in [0.2, 0.25) is 0 Å². The van der Waals surface area contributed by atoms with Gasteiger partial charge in [0.05, 0.1) is 11.0 Å². The molecule has 2 aromatic heterocycles. The summed E-state index contributed by atoms with van der Waals surface area (Å²) >= 11 is 1.89. The second-order valence-corrected chi connectivity index (χ2v) is 10.4. The normalized spacial score (nSPS) is 11.9. The summed E-state index contributed by atoms with van der Waals surface area (Å²) < 4.78 is 5.14. The number of benzene rings is 6. The first-order valence-corrected chi connectivity index (χ1v) is 13.1. The van der Waals surface area contributed by atoms with Gasteiger partial charge in [-0.1, -0.05) is 97.1 Å². The maximum Gasteiger partial charge on any atom is 0.0634 e. The van der Waals surface area contributed by atoms with Gasteiger partial charge in [-0.2, -0.15) is 0 Å². The molecule has 8 aromatic rings. The lowest BCUT2D eigenvalue weighted by molar-refractivity contribution is 1.19. The SMILES string of the molecule is c1ccc(-c2ccc(-n3c4ccccc4c4ccc5sc6ccc7ccccc7c6c5c43)cc2)cc1. The molecule has 0 aliphatic heterocycles. The molecule has 0 atom stereocenters. The fourth-order valence-electron chi connectivity index (χ4n) is 5.78. The van der Waals surface area contributed by atoms with Crippen LogP contribution in [0.1, 0.15) is 0 Å². The lowest BCUT2D eigenvalue weighted by Gasteiger charge is -2.11. The highest BCUT2D eigenvalue weighted by atomic mass is 32.1. The minimum Gasteiger partial charge on any atom is -0.309 e. The van der Waals surface area contributed by atoms with Crippen LogP contribution in [-0.4, -0.2) is 4.57 Å². The number of para-hydroxylation sites is 1. The van der Waals surface area contributed by atoms with E-state index in [1.807, 2.05) is 11.3 Å². The van der Waals surface area contributed by atoms with Gasteiger partial charge in [-0.05, 0) is 52.2 Å². The number of thiophene rings is 1. The molecule has 0 N–H and O–H groups in total. The van der Waals surface area contributed by atoms with Crippen LogP contribution in [0.5, 0.6) is 0 Å². The van der Waals surface area contributed by atoms with Crippen LogP contribution in [0.4, 0.5) is 0 Å². The van der Waals surface area contributed by atoms with Gasteiger partial charge >= 0.3 is 0 Å². The number of hydrogen-bond acceptors (Lipinski definition) is 1. The molecule has 2 heterocycles. The quantitative estimate of drug-likeness (QED) is 0.234. The molecule has 0 fully saturated rings. The number of nitrogens with zero attached hydrogens (tertiary/aromatic N) is 1. The third kappa shape index (κ3) is 2.76. The molecule has 36 heavy (non-hydrogen) atoms. The van der Waals surface area contributed by atoms with Crippen LogP contribution in [0.2, 0.25) is 0 Å². The number of hydrogen-bond donors (Lipinski definition) is 0. The number of fused-ring (bicyclic) bond motifs is 9. The fourth-order valence-corrected chi connectivity index (χ4v) is 6.90. The maximum absolute atomic E-state index is 2.47. The first-order valence-electron chi connectivity index (χ1n) is 12.3. The largest absolute Gasteiger partial charge is 0.309 e. The van der Waals surface area contributed by atoms with Crippen LogP contribution >= 0.6 is 11.3 Å². The highest BCUT2D eigenvalue weighted by Crippen LogP contribution is 2.45. The zero-order chi connectivity index (χ0) is 23.6. The van der Waals surface area contributed by atoms with Gasteiger partial charge in [-0.15, -0.1) is 11.3 Å². The van der Waals surface area contributed by atoms with Crippen LogP contribution in [0.15, 0.2) is 127 Å². The Morgan fingerprint density at radius 3 is 1.97 bits per heavy atom. The Morgan fingerprint density at radius 1 is 0.444 bits per heavy atom. The van der Waals surface area contributed by atoms with Gasteiger partial charge < -0.3 is 4.57 Å². The molecule has 6 aromatic carbocycles. The Bertz CT molecular complexity index is 2080. The Morgan fingerprint density at radius 2 is 1.11 bits per heavy atom. The Kier molecular flexibility index (Phi) is 4.16. The molecule has 0 aliphatic carbocycles.